The Morgan fingerprint density at radius 3 is 1.91 bits per heavy atom. The minimum atomic E-state index is -4.77. The SMILES string of the molecule is CCCCCCCCCCOC(=O)C(CC(=O)O)S(=O)(=O)O.[NaH]. The summed E-state index contributed by atoms with van der Waals surface area (Å²) in [7, 11) is -4.77. The zero-order valence-corrected chi connectivity index (χ0v) is 13.8. The second-order valence-corrected chi connectivity index (χ2v) is 6.84. The van der Waals surface area contributed by atoms with Gasteiger partial charge in [-0.25, -0.2) is 0 Å². The molecule has 0 spiro atoms. The molecule has 7 nitrogen and oxygen atoms in total. The Labute approximate surface area is 160 Å². The van der Waals surface area contributed by atoms with Crippen molar-refractivity contribution in [3.8, 4) is 0 Å². The number of carbonyl (C=O) groups excluding carboxylic acids is 1. The number of ether oxygens (including phenoxy) is 1. The van der Waals surface area contributed by atoms with E-state index in [2.05, 4.69) is 6.92 Å². The first-order valence-electron chi connectivity index (χ1n) is 7.63. The molecule has 0 bridgehead atoms. The molecular weight excluding hydrogens is 335 g/mol. The van der Waals surface area contributed by atoms with Crippen LogP contribution in [-0.4, -0.2) is 71.4 Å². The van der Waals surface area contributed by atoms with Gasteiger partial charge in [-0.2, -0.15) is 8.42 Å². The molecule has 0 aromatic heterocycles. The van der Waals surface area contributed by atoms with Crippen molar-refractivity contribution in [1.82, 2.24) is 0 Å². The third-order valence-corrected chi connectivity index (χ3v) is 4.30. The van der Waals surface area contributed by atoms with E-state index < -0.39 is 33.7 Å². The molecule has 0 aromatic rings. The Kier molecular flexibility index (Phi) is 15.5. The molecule has 0 saturated heterocycles. The van der Waals surface area contributed by atoms with Gasteiger partial charge in [0, 0.05) is 0 Å². The van der Waals surface area contributed by atoms with Gasteiger partial charge in [0.05, 0.1) is 13.0 Å². The van der Waals surface area contributed by atoms with Gasteiger partial charge in [0.25, 0.3) is 10.1 Å². The van der Waals surface area contributed by atoms with Crippen molar-refractivity contribution < 1.29 is 32.4 Å². The summed E-state index contributed by atoms with van der Waals surface area (Å²) >= 11 is 0. The van der Waals surface area contributed by atoms with Crippen molar-refractivity contribution in [2.45, 2.75) is 70.0 Å². The van der Waals surface area contributed by atoms with Gasteiger partial charge in [-0.05, 0) is 6.42 Å². The van der Waals surface area contributed by atoms with E-state index in [0.29, 0.717) is 6.42 Å². The van der Waals surface area contributed by atoms with E-state index in [9.17, 15) is 18.0 Å². The van der Waals surface area contributed by atoms with Crippen molar-refractivity contribution in [3.05, 3.63) is 0 Å². The van der Waals surface area contributed by atoms with Crippen LogP contribution in [-0.2, 0) is 24.4 Å². The molecule has 0 fully saturated rings. The fourth-order valence-corrected chi connectivity index (χ4v) is 2.63. The van der Waals surface area contributed by atoms with Crippen LogP contribution in [0.3, 0.4) is 0 Å². The molecule has 132 valence electrons. The number of unbranched alkanes of at least 4 members (excludes halogenated alkanes) is 7. The molecule has 9 heteroatoms. The van der Waals surface area contributed by atoms with Crippen molar-refractivity contribution in [3.63, 3.8) is 0 Å². The molecule has 1 atom stereocenters. The van der Waals surface area contributed by atoms with Crippen LogP contribution in [0.4, 0.5) is 0 Å². The van der Waals surface area contributed by atoms with Crippen LogP contribution >= 0.6 is 0 Å². The third-order valence-electron chi connectivity index (χ3n) is 3.22. The van der Waals surface area contributed by atoms with Crippen molar-refractivity contribution in [1.29, 1.82) is 0 Å². The van der Waals surface area contributed by atoms with Gasteiger partial charge in [-0.1, -0.05) is 51.9 Å². The quantitative estimate of drug-likeness (QED) is 0.222. The van der Waals surface area contributed by atoms with Gasteiger partial charge in [0.1, 0.15) is 0 Å². The van der Waals surface area contributed by atoms with E-state index in [1.165, 1.54) is 25.7 Å². The third kappa shape index (κ3) is 13.9. The summed E-state index contributed by atoms with van der Waals surface area (Å²) in [4.78, 5) is 22.0. The average Bonchev–Trinajstić information content (AvgIpc) is 2.41. The maximum atomic E-state index is 11.5. The van der Waals surface area contributed by atoms with Crippen LogP contribution < -0.4 is 0 Å². The standard InChI is InChI=1S/C14H26O7S.Na.H/c1-2-3-4-5-6-7-8-9-10-21-14(17)12(11-13(15)16)22(18,19)20;;/h12H,2-11H2,1H3,(H,15,16)(H,18,19,20);;. The Bertz CT molecular complexity index is 436. The second kappa shape index (κ2) is 14.2. The van der Waals surface area contributed by atoms with E-state index in [1.54, 1.807) is 0 Å². The molecule has 0 rings (SSSR count). The van der Waals surface area contributed by atoms with E-state index in [1.807, 2.05) is 0 Å². The predicted molar refractivity (Wildman–Crippen MR) is 88.3 cm³/mol. The normalized spacial score (nSPS) is 12.3. The molecule has 0 aliphatic heterocycles. The summed E-state index contributed by atoms with van der Waals surface area (Å²) in [6.07, 6.45) is 7.39. The minimum absolute atomic E-state index is 0. The average molecular weight is 362 g/mol. The van der Waals surface area contributed by atoms with Gasteiger partial charge in [-0.3, -0.25) is 14.1 Å². The fourth-order valence-electron chi connectivity index (χ4n) is 1.97. The zero-order chi connectivity index (χ0) is 17.0. The number of carboxylic acid groups (broad SMARTS) is 1. The molecule has 23 heavy (non-hydrogen) atoms. The molecule has 0 amide bonds. The summed E-state index contributed by atoms with van der Waals surface area (Å²) < 4.78 is 35.5. The van der Waals surface area contributed by atoms with Crippen LogP contribution in [0.2, 0.25) is 0 Å². The molecule has 0 saturated carbocycles. The molecule has 0 heterocycles. The second-order valence-electron chi connectivity index (χ2n) is 5.24. The number of hydrogen-bond acceptors (Lipinski definition) is 5. The van der Waals surface area contributed by atoms with Gasteiger partial charge in [-0.15, -0.1) is 0 Å². The summed E-state index contributed by atoms with van der Waals surface area (Å²) in [6, 6.07) is 0. The van der Waals surface area contributed by atoms with E-state index in [4.69, 9.17) is 14.4 Å². The summed E-state index contributed by atoms with van der Waals surface area (Å²) in [5.74, 6) is -2.71. The van der Waals surface area contributed by atoms with Gasteiger partial charge in [0.2, 0.25) is 0 Å². The first kappa shape index (κ1) is 25.1. The molecule has 0 aliphatic rings. The molecule has 0 aromatic carbocycles. The van der Waals surface area contributed by atoms with Crippen LogP contribution in [0.25, 0.3) is 0 Å². The summed E-state index contributed by atoms with van der Waals surface area (Å²) in [6.45, 7) is 2.18. The van der Waals surface area contributed by atoms with Gasteiger partial charge >= 0.3 is 41.5 Å². The van der Waals surface area contributed by atoms with Crippen LogP contribution in [0.5, 0.6) is 0 Å². The van der Waals surface area contributed by atoms with Crippen molar-refractivity contribution >= 4 is 51.6 Å². The van der Waals surface area contributed by atoms with Crippen LogP contribution in [0.1, 0.15) is 64.7 Å². The molecule has 1 unspecified atom stereocenters. The van der Waals surface area contributed by atoms with Crippen molar-refractivity contribution in [2.75, 3.05) is 6.61 Å². The van der Waals surface area contributed by atoms with Crippen molar-refractivity contribution in [2.24, 2.45) is 0 Å². The van der Waals surface area contributed by atoms with E-state index in [-0.39, 0.29) is 36.2 Å². The number of carboxylic acids is 1. The first-order valence-corrected chi connectivity index (χ1v) is 9.14. The Morgan fingerprint density at radius 2 is 1.48 bits per heavy atom. The summed E-state index contributed by atoms with van der Waals surface area (Å²) in [5, 5.41) is 6.49. The number of aliphatic carboxylic acids is 1. The maximum absolute atomic E-state index is 11.5. The Morgan fingerprint density at radius 1 is 1.00 bits per heavy atom. The van der Waals surface area contributed by atoms with E-state index in [0.717, 1.165) is 19.3 Å². The Hall–Kier alpha value is -0.150. The van der Waals surface area contributed by atoms with Crippen LogP contribution in [0, 0.1) is 0 Å². The number of rotatable bonds is 13. The molecule has 0 radical (unpaired) electrons. The first-order chi connectivity index (χ1) is 10.3. The monoisotopic (exact) mass is 362 g/mol. The topological polar surface area (TPSA) is 118 Å². The Balaban J connectivity index is 0. The fraction of sp³-hybridized carbons (Fsp3) is 0.857. The number of esters is 1. The number of carbonyl (C=O) groups is 2. The van der Waals surface area contributed by atoms with Gasteiger partial charge < -0.3 is 9.84 Å². The molecule has 0 aliphatic carbocycles. The zero-order valence-electron chi connectivity index (χ0n) is 13.0. The summed E-state index contributed by atoms with van der Waals surface area (Å²) in [5.41, 5.74) is 0. The molecular formula is C14H27NaO7S. The van der Waals surface area contributed by atoms with Gasteiger partial charge in [0.15, 0.2) is 5.25 Å². The predicted octanol–water partition coefficient (Wildman–Crippen LogP) is 1.75. The number of hydrogen-bond donors (Lipinski definition) is 2. The van der Waals surface area contributed by atoms with Crippen LogP contribution in [0.15, 0.2) is 0 Å². The van der Waals surface area contributed by atoms with E-state index >= 15 is 0 Å². The molecule has 2 N–H and O–H groups in total.